The summed E-state index contributed by atoms with van der Waals surface area (Å²) in [6, 6.07) is 7.88. The number of hydrogen-bond donors (Lipinski definition) is 3. The summed E-state index contributed by atoms with van der Waals surface area (Å²) in [4.78, 5) is 19.6. The minimum absolute atomic E-state index is 0.195. The van der Waals surface area contributed by atoms with Crippen LogP contribution in [0, 0.1) is 0 Å². The lowest BCUT2D eigenvalue weighted by molar-refractivity contribution is -0.00628. The largest absolute Gasteiger partial charge is 0.388 e. The van der Waals surface area contributed by atoms with Crippen LogP contribution in [0.3, 0.4) is 0 Å². The predicted molar refractivity (Wildman–Crippen MR) is 118 cm³/mol. The van der Waals surface area contributed by atoms with Gasteiger partial charge in [-0.15, -0.1) is 0 Å². The topological polar surface area (TPSA) is 108 Å². The molecule has 3 aromatic rings. The van der Waals surface area contributed by atoms with Crippen molar-refractivity contribution in [1.82, 2.24) is 24.6 Å². The molecular formula is C22H28N6O3. The van der Waals surface area contributed by atoms with Crippen LogP contribution in [0.2, 0.25) is 0 Å². The highest BCUT2D eigenvalue weighted by molar-refractivity contribution is 5.75. The molecule has 1 unspecified atom stereocenters. The second-order valence-electron chi connectivity index (χ2n) is 9.13. The SMILES string of the molecule is CC1(O)CCN(c2ccc(-n3ncc4c(=O)n(CC5(O)CCNCC5)cnc43)cc2)C1. The highest BCUT2D eigenvalue weighted by Gasteiger charge is 2.32. The van der Waals surface area contributed by atoms with E-state index in [1.165, 1.54) is 10.9 Å². The van der Waals surface area contributed by atoms with Gasteiger partial charge in [-0.3, -0.25) is 9.36 Å². The molecule has 0 bridgehead atoms. The fourth-order valence-electron chi connectivity index (χ4n) is 4.59. The van der Waals surface area contributed by atoms with Crippen molar-refractivity contribution in [3.05, 3.63) is 47.1 Å². The van der Waals surface area contributed by atoms with E-state index in [-0.39, 0.29) is 12.1 Å². The molecule has 1 atom stereocenters. The molecule has 0 radical (unpaired) electrons. The Labute approximate surface area is 179 Å². The Kier molecular flexibility index (Phi) is 4.84. The number of β-amino-alcohol motifs (C(OH)–C–C–N with tert-alkyl or cyclic N) is 1. The number of nitrogens with one attached hydrogen (secondary N) is 1. The van der Waals surface area contributed by atoms with Crippen LogP contribution in [0.4, 0.5) is 5.69 Å². The van der Waals surface area contributed by atoms with Gasteiger partial charge in [0, 0.05) is 18.8 Å². The Morgan fingerprint density at radius 2 is 1.81 bits per heavy atom. The minimum atomic E-state index is -0.892. The normalized spacial score (nSPS) is 23.5. The van der Waals surface area contributed by atoms with Gasteiger partial charge in [0.05, 0.1) is 29.6 Å². The summed E-state index contributed by atoms with van der Waals surface area (Å²) in [6.45, 7) is 5.00. The molecule has 9 heteroatoms. The number of anilines is 1. The highest BCUT2D eigenvalue weighted by Crippen LogP contribution is 2.27. The molecule has 0 aliphatic carbocycles. The molecule has 164 valence electrons. The van der Waals surface area contributed by atoms with Gasteiger partial charge in [0.15, 0.2) is 5.65 Å². The van der Waals surface area contributed by atoms with Gasteiger partial charge < -0.3 is 20.4 Å². The molecule has 2 saturated heterocycles. The monoisotopic (exact) mass is 424 g/mol. The van der Waals surface area contributed by atoms with E-state index in [1.54, 1.807) is 10.9 Å². The third-order valence-corrected chi connectivity index (χ3v) is 6.46. The summed E-state index contributed by atoms with van der Waals surface area (Å²) in [6.07, 6.45) is 5.01. The summed E-state index contributed by atoms with van der Waals surface area (Å²) < 4.78 is 3.15. The smallest absolute Gasteiger partial charge is 0.264 e. The molecule has 5 rings (SSSR count). The molecule has 2 aromatic heterocycles. The molecule has 0 amide bonds. The molecule has 2 aliphatic rings. The number of fused-ring (bicyclic) bond motifs is 1. The van der Waals surface area contributed by atoms with Gasteiger partial charge in [-0.2, -0.15) is 5.10 Å². The average molecular weight is 425 g/mol. The van der Waals surface area contributed by atoms with Gasteiger partial charge >= 0.3 is 0 Å². The maximum atomic E-state index is 13.0. The predicted octanol–water partition coefficient (Wildman–Crippen LogP) is 0.658. The molecule has 4 heterocycles. The van der Waals surface area contributed by atoms with E-state index >= 15 is 0 Å². The lowest BCUT2D eigenvalue weighted by Gasteiger charge is -2.32. The van der Waals surface area contributed by atoms with Crippen molar-refractivity contribution in [2.75, 3.05) is 31.1 Å². The van der Waals surface area contributed by atoms with E-state index < -0.39 is 11.2 Å². The zero-order chi connectivity index (χ0) is 21.6. The van der Waals surface area contributed by atoms with Crippen molar-refractivity contribution in [1.29, 1.82) is 0 Å². The Bertz CT molecular complexity index is 1140. The number of piperidine rings is 1. The Hall–Kier alpha value is -2.75. The zero-order valence-electron chi connectivity index (χ0n) is 17.7. The Morgan fingerprint density at radius 1 is 1.10 bits per heavy atom. The van der Waals surface area contributed by atoms with Gasteiger partial charge in [0.1, 0.15) is 11.7 Å². The summed E-state index contributed by atoms with van der Waals surface area (Å²) in [7, 11) is 0. The first-order valence-electron chi connectivity index (χ1n) is 10.8. The number of nitrogens with zero attached hydrogens (tertiary/aromatic N) is 5. The third-order valence-electron chi connectivity index (χ3n) is 6.46. The van der Waals surface area contributed by atoms with Crippen molar-refractivity contribution in [3.63, 3.8) is 0 Å². The summed E-state index contributed by atoms with van der Waals surface area (Å²) in [5, 5.41) is 29.0. The quantitative estimate of drug-likeness (QED) is 0.565. The van der Waals surface area contributed by atoms with Crippen LogP contribution < -0.4 is 15.8 Å². The number of benzene rings is 1. The molecule has 0 spiro atoms. The maximum absolute atomic E-state index is 13.0. The van der Waals surface area contributed by atoms with Crippen LogP contribution in [0.5, 0.6) is 0 Å². The molecule has 9 nitrogen and oxygen atoms in total. The van der Waals surface area contributed by atoms with Crippen molar-refractivity contribution in [3.8, 4) is 5.69 Å². The average Bonchev–Trinajstić information content (AvgIpc) is 3.34. The highest BCUT2D eigenvalue weighted by atomic mass is 16.3. The van der Waals surface area contributed by atoms with Crippen molar-refractivity contribution >= 4 is 16.7 Å². The van der Waals surface area contributed by atoms with Gasteiger partial charge in [-0.1, -0.05) is 0 Å². The third kappa shape index (κ3) is 3.84. The van der Waals surface area contributed by atoms with E-state index in [1.807, 2.05) is 31.2 Å². The summed E-state index contributed by atoms with van der Waals surface area (Å²) >= 11 is 0. The van der Waals surface area contributed by atoms with Crippen LogP contribution in [0.15, 0.2) is 41.6 Å². The van der Waals surface area contributed by atoms with Crippen LogP contribution in [-0.2, 0) is 6.54 Å². The van der Waals surface area contributed by atoms with E-state index in [9.17, 15) is 15.0 Å². The Morgan fingerprint density at radius 3 is 2.48 bits per heavy atom. The van der Waals surface area contributed by atoms with Gasteiger partial charge in [0.2, 0.25) is 0 Å². The number of hydrogen-bond acceptors (Lipinski definition) is 7. The molecular weight excluding hydrogens is 396 g/mol. The van der Waals surface area contributed by atoms with Crippen LogP contribution >= 0.6 is 0 Å². The standard InChI is InChI=1S/C22H28N6O3/c1-21(30)8-11-26(13-21)16-2-4-17(5-3-16)28-19-18(12-25-28)20(29)27(15-24-19)14-22(31)6-9-23-10-7-22/h2-5,12,15,23,30-31H,6-11,13-14H2,1H3. The molecule has 3 N–H and O–H groups in total. The van der Waals surface area contributed by atoms with Crippen LogP contribution in [0.1, 0.15) is 26.2 Å². The lowest BCUT2D eigenvalue weighted by atomic mass is 9.92. The van der Waals surface area contributed by atoms with Gasteiger partial charge in [0.25, 0.3) is 5.56 Å². The van der Waals surface area contributed by atoms with E-state index in [0.717, 1.165) is 37.4 Å². The van der Waals surface area contributed by atoms with E-state index in [0.29, 0.717) is 30.4 Å². The zero-order valence-corrected chi connectivity index (χ0v) is 17.7. The second kappa shape index (κ2) is 7.44. The number of aromatic nitrogens is 4. The number of aliphatic hydroxyl groups is 2. The van der Waals surface area contributed by atoms with Crippen LogP contribution in [0.25, 0.3) is 16.7 Å². The summed E-state index contributed by atoms with van der Waals surface area (Å²) in [5.74, 6) is 0. The first kappa shape index (κ1) is 20.2. The lowest BCUT2D eigenvalue weighted by Crippen LogP contribution is -2.46. The fraction of sp³-hybridized carbons (Fsp3) is 0.500. The van der Waals surface area contributed by atoms with Gasteiger partial charge in [-0.25, -0.2) is 9.67 Å². The van der Waals surface area contributed by atoms with Crippen molar-refractivity contribution in [2.24, 2.45) is 0 Å². The second-order valence-corrected chi connectivity index (χ2v) is 9.13. The maximum Gasteiger partial charge on any atom is 0.264 e. The molecule has 0 saturated carbocycles. The van der Waals surface area contributed by atoms with Crippen LogP contribution in [-0.4, -0.2) is 66.9 Å². The molecule has 31 heavy (non-hydrogen) atoms. The minimum Gasteiger partial charge on any atom is -0.388 e. The first-order valence-corrected chi connectivity index (χ1v) is 10.8. The first-order chi connectivity index (χ1) is 14.8. The van der Waals surface area contributed by atoms with Crippen molar-refractivity contribution in [2.45, 2.75) is 43.9 Å². The Balaban J connectivity index is 1.41. The van der Waals surface area contributed by atoms with E-state index in [2.05, 4.69) is 20.3 Å². The van der Waals surface area contributed by atoms with Gasteiger partial charge in [-0.05, 0) is 63.5 Å². The molecule has 2 aliphatic heterocycles. The fourth-order valence-corrected chi connectivity index (χ4v) is 4.59. The number of rotatable bonds is 4. The van der Waals surface area contributed by atoms with E-state index in [4.69, 9.17) is 0 Å². The summed E-state index contributed by atoms with van der Waals surface area (Å²) in [5.41, 5.74) is 0.614. The molecule has 1 aromatic carbocycles. The van der Waals surface area contributed by atoms with Crippen molar-refractivity contribution < 1.29 is 10.2 Å². The molecule has 2 fully saturated rings.